The Labute approximate surface area is 127 Å². The Balaban J connectivity index is 0.000000255. The van der Waals surface area contributed by atoms with Crippen molar-refractivity contribution in [2.45, 2.75) is 0 Å². The first kappa shape index (κ1) is 17.0. The number of carbonyl (C=O) groups is 2. The summed E-state index contributed by atoms with van der Waals surface area (Å²) >= 11 is 0. The fraction of sp³-hybridized carbons (Fsp3) is 0.125. The second-order valence-electron chi connectivity index (χ2n) is 4.00. The molecule has 2 aromatic carbocycles. The second-order valence-corrected chi connectivity index (χ2v) is 4.00. The molecular weight excluding hydrogens is 288 g/mol. The van der Waals surface area contributed by atoms with Crippen LogP contribution in [0.3, 0.4) is 0 Å². The molecule has 0 fully saturated rings. The fourth-order valence-corrected chi connectivity index (χ4v) is 1.29. The predicted octanol–water partition coefficient (Wildman–Crippen LogP) is 1.95. The van der Waals surface area contributed by atoms with Gasteiger partial charge in [-0.3, -0.25) is 4.79 Å². The van der Waals surface area contributed by atoms with Crippen molar-refractivity contribution in [2.75, 3.05) is 13.7 Å². The molecular formula is C16H15O6. The zero-order valence-electron chi connectivity index (χ0n) is 11.9. The third-order valence-electron chi connectivity index (χ3n) is 2.36. The third kappa shape index (κ3) is 6.42. The molecule has 0 aliphatic rings. The molecule has 0 saturated carbocycles. The molecule has 6 nitrogen and oxygen atoms in total. The Kier molecular flexibility index (Phi) is 6.98. The van der Waals surface area contributed by atoms with Gasteiger partial charge < -0.3 is 19.7 Å². The zero-order valence-corrected chi connectivity index (χ0v) is 11.9. The number of aromatic hydroxyl groups is 2. The molecule has 0 aliphatic carbocycles. The van der Waals surface area contributed by atoms with Gasteiger partial charge in [0.05, 0.1) is 7.11 Å². The van der Waals surface area contributed by atoms with Crippen molar-refractivity contribution in [2.24, 2.45) is 0 Å². The smallest absolute Gasteiger partial charge is 0.343 e. The van der Waals surface area contributed by atoms with Crippen molar-refractivity contribution >= 4 is 12.3 Å². The molecule has 0 aromatic heterocycles. The van der Waals surface area contributed by atoms with Crippen molar-refractivity contribution < 1.29 is 29.3 Å². The van der Waals surface area contributed by atoms with Crippen molar-refractivity contribution in [1.29, 1.82) is 0 Å². The van der Waals surface area contributed by atoms with E-state index in [9.17, 15) is 9.59 Å². The summed E-state index contributed by atoms with van der Waals surface area (Å²) in [5.74, 6) is 0.153. The molecule has 2 aromatic rings. The normalized spacial score (nSPS) is 9.14. The highest BCUT2D eigenvalue weighted by Gasteiger charge is 2.00. The van der Waals surface area contributed by atoms with E-state index in [-0.39, 0.29) is 18.1 Å². The molecule has 1 radical (unpaired) electrons. The quantitative estimate of drug-likeness (QED) is 0.662. The molecule has 0 spiro atoms. The van der Waals surface area contributed by atoms with Crippen LogP contribution in [0.5, 0.6) is 17.2 Å². The Hall–Kier alpha value is -3.02. The highest BCUT2D eigenvalue weighted by Crippen LogP contribution is 2.14. The van der Waals surface area contributed by atoms with Gasteiger partial charge in [0.15, 0.2) is 6.61 Å². The Morgan fingerprint density at radius 1 is 1.18 bits per heavy atom. The van der Waals surface area contributed by atoms with Gasteiger partial charge in [0.1, 0.15) is 23.5 Å². The van der Waals surface area contributed by atoms with Gasteiger partial charge in [0.25, 0.3) is 0 Å². The highest BCUT2D eigenvalue weighted by atomic mass is 16.6. The van der Waals surface area contributed by atoms with Gasteiger partial charge in [-0.25, -0.2) is 4.79 Å². The van der Waals surface area contributed by atoms with E-state index in [4.69, 9.17) is 14.9 Å². The highest BCUT2D eigenvalue weighted by molar-refractivity contribution is 5.75. The lowest BCUT2D eigenvalue weighted by molar-refractivity contribution is -0.142. The summed E-state index contributed by atoms with van der Waals surface area (Å²) in [6, 6.07) is 13.0. The van der Waals surface area contributed by atoms with Crippen molar-refractivity contribution in [3.63, 3.8) is 0 Å². The standard InChI is InChI=1S/C10H10O4.C6H5O2/c1-13-10(12)7-14-9-4-2-8(6-11)3-5-9;7-5-2-1-3-6(8)4-5/h2-6H,7H2,1H3;2-4,7-8H. The number of hydrogen-bond donors (Lipinski definition) is 2. The summed E-state index contributed by atoms with van der Waals surface area (Å²) in [4.78, 5) is 21.0. The van der Waals surface area contributed by atoms with Crippen LogP contribution in [0.4, 0.5) is 0 Å². The van der Waals surface area contributed by atoms with Crippen LogP contribution < -0.4 is 4.74 Å². The molecule has 2 N–H and O–H groups in total. The monoisotopic (exact) mass is 303 g/mol. The molecule has 0 amide bonds. The number of hydrogen-bond acceptors (Lipinski definition) is 6. The van der Waals surface area contributed by atoms with Crippen molar-refractivity contribution in [3.8, 4) is 17.2 Å². The predicted molar refractivity (Wildman–Crippen MR) is 77.9 cm³/mol. The van der Waals surface area contributed by atoms with Gasteiger partial charge in [0, 0.05) is 11.6 Å². The van der Waals surface area contributed by atoms with Gasteiger partial charge in [0.2, 0.25) is 0 Å². The second kappa shape index (κ2) is 9.02. The van der Waals surface area contributed by atoms with Crippen molar-refractivity contribution in [3.05, 3.63) is 54.1 Å². The number of benzene rings is 2. The number of phenols is 2. The van der Waals surface area contributed by atoms with Crippen LogP contribution in [0.1, 0.15) is 10.4 Å². The minimum Gasteiger partial charge on any atom is -0.508 e. The largest absolute Gasteiger partial charge is 0.508 e. The number of aldehydes is 1. The van der Waals surface area contributed by atoms with Crippen molar-refractivity contribution in [1.82, 2.24) is 0 Å². The van der Waals surface area contributed by atoms with Gasteiger partial charge in [-0.15, -0.1) is 0 Å². The molecule has 0 saturated heterocycles. The number of carbonyl (C=O) groups excluding carboxylic acids is 2. The minimum absolute atomic E-state index is 0.0324. The van der Waals surface area contributed by atoms with E-state index >= 15 is 0 Å². The number of methoxy groups -OCH3 is 1. The summed E-state index contributed by atoms with van der Waals surface area (Å²) in [6.45, 7) is -0.128. The Bertz CT molecular complexity index is 589. The molecule has 6 heteroatoms. The van der Waals surface area contributed by atoms with Crippen LogP contribution in [-0.4, -0.2) is 36.2 Å². The molecule has 0 heterocycles. The summed E-state index contributed by atoms with van der Waals surface area (Å²) in [6.07, 6.45) is 0.740. The summed E-state index contributed by atoms with van der Waals surface area (Å²) < 4.78 is 9.46. The van der Waals surface area contributed by atoms with Gasteiger partial charge in [-0.1, -0.05) is 0 Å². The van der Waals surface area contributed by atoms with Gasteiger partial charge in [-0.2, -0.15) is 0 Å². The van der Waals surface area contributed by atoms with E-state index < -0.39 is 5.97 Å². The van der Waals surface area contributed by atoms with E-state index in [1.54, 1.807) is 24.3 Å². The molecule has 0 atom stereocenters. The van der Waals surface area contributed by atoms with E-state index in [0.29, 0.717) is 11.3 Å². The fourth-order valence-electron chi connectivity index (χ4n) is 1.29. The maximum absolute atomic E-state index is 10.7. The maximum Gasteiger partial charge on any atom is 0.343 e. The van der Waals surface area contributed by atoms with E-state index in [2.05, 4.69) is 10.8 Å². The summed E-state index contributed by atoms with van der Waals surface area (Å²) in [5.41, 5.74) is 0.565. The average molecular weight is 303 g/mol. The van der Waals surface area contributed by atoms with Crippen LogP contribution in [0.2, 0.25) is 0 Å². The molecule has 2 rings (SSSR count). The number of ether oxygens (including phenoxy) is 2. The van der Waals surface area contributed by atoms with Crippen LogP contribution >= 0.6 is 0 Å². The molecule has 0 aliphatic heterocycles. The third-order valence-corrected chi connectivity index (χ3v) is 2.36. The van der Waals surface area contributed by atoms with Crippen LogP contribution in [-0.2, 0) is 9.53 Å². The van der Waals surface area contributed by atoms with E-state index in [0.717, 1.165) is 6.29 Å². The summed E-state index contributed by atoms with van der Waals surface area (Å²) in [7, 11) is 1.29. The molecule has 0 bridgehead atoms. The number of rotatable bonds is 4. The molecule has 0 unspecified atom stereocenters. The number of phenolic OH excluding ortho intramolecular Hbond substituents is 2. The maximum atomic E-state index is 10.7. The SMILES string of the molecule is COC(=O)COc1ccc(C=O)cc1.Oc1c[c]cc(O)c1. The van der Waals surface area contributed by atoms with Gasteiger partial charge >= 0.3 is 5.97 Å². The average Bonchev–Trinajstić information content (AvgIpc) is 2.53. The lowest BCUT2D eigenvalue weighted by atomic mass is 10.2. The minimum atomic E-state index is -0.440. The van der Waals surface area contributed by atoms with E-state index in [1.165, 1.54) is 25.3 Å². The van der Waals surface area contributed by atoms with Crippen LogP contribution in [0.15, 0.2) is 42.5 Å². The Morgan fingerprint density at radius 3 is 2.18 bits per heavy atom. The number of esters is 1. The van der Waals surface area contributed by atoms with E-state index in [1.807, 2.05) is 0 Å². The first-order valence-electron chi connectivity index (χ1n) is 6.19. The summed E-state index contributed by atoms with van der Waals surface area (Å²) in [5, 5.41) is 17.2. The topological polar surface area (TPSA) is 93.1 Å². The lowest BCUT2D eigenvalue weighted by Crippen LogP contribution is -2.12. The first-order valence-corrected chi connectivity index (χ1v) is 6.19. The Morgan fingerprint density at radius 2 is 1.77 bits per heavy atom. The molecule has 115 valence electrons. The first-order chi connectivity index (χ1) is 10.5. The lowest BCUT2D eigenvalue weighted by Gasteiger charge is -2.03. The molecule has 22 heavy (non-hydrogen) atoms. The van der Waals surface area contributed by atoms with Crippen LogP contribution in [0, 0.1) is 6.07 Å². The van der Waals surface area contributed by atoms with Gasteiger partial charge in [-0.05, 0) is 42.5 Å². The zero-order chi connectivity index (χ0) is 16.4. The van der Waals surface area contributed by atoms with Crippen LogP contribution in [0.25, 0.3) is 0 Å².